The van der Waals surface area contributed by atoms with Crippen LogP contribution in [-0.4, -0.2) is 17.1 Å². The average Bonchev–Trinajstić information content (AvgIpc) is 2.52. The number of benzene rings is 1. The molecule has 3 unspecified atom stereocenters. The van der Waals surface area contributed by atoms with E-state index >= 15 is 0 Å². The van der Waals surface area contributed by atoms with Gasteiger partial charge in [0.05, 0.1) is 0 Å². The van der Waals surface area contributed by atoms with Crippen LogP contribution in [0.1, 0.15) is 43.7 Å². The van der Waals surface area contributed by atoms with Crippen molar-refractivity contribution in [1.29, 1.82) is 0 Å². The lowest BCUT2D eigenvalue weighted by Gasteiger charge is -2.27. The van der Waals surface area contributed by atoms with E-state index in [-0.39, 0.29) is 0 Å². The number of aliphatic hydroxyl groups excluding tert-OH is 1. The first-order valence-electron chi connectivity index (χ1n) is 5.65. The number of hydrogen-bond donors (Lipinski definition) is 1. The van der Waals surface area contributed by atoms with E-state index in [4.69, 9.17) is 0 Å². The molecule has 0 aliphatic carbocycles. The van der Waals surface area contributed by atoms with Crippen molar-refractivity contribution in [3.63, 3.8) is 0 Å². The molecule has 1 heterocycles. The van der Waals surface area contributed by atoms with Crippen molar-refractivity contribution in [3.05, 3.63) is 35.4 Å². The Hall–Kier alpha value is -0.860. The fraction of sp³-hybridized carbons (Fsp3) is 0.538. The van der Waals surface area contributed by atoms with Gasteiger partial charge in [0.25, 0.3) is 0 Å². The molecule has 0 saturated carbocycles. The third-order valence-electron chi connectivity index (χ3n) is 3.60. The Morgan fingerprint density at radius 2 is 1.93 bits per heavy atom. The lowest BCUT2D eigenvalue weighted by atomic mass is 9.92. The second-order valence-electron chi connectivity index (χ2n) is 4.50. The molecule has 0 aromatic heterocycles. The van der Waals surface area contributed by atoms with E-state index in [0.717, 1.165) is 12.0 Å². The van der Waals surface area contributed by atoms with Crippen molar-refractivity contribution < 1.29 is 5.11 Å². The van der Waals surface area contributed by atoms with Crippen LogP contribution in [0, 0.1) is 5.92 Å². The van der Waals surface area contributed by atoms with Gasteiger partial charge in [0.2, 0.25) is 0 Å². The van der Waals surface area contributed by atoms with E-state index in [1.54, 1.807) is 0 Å². The molecule has 2 heteroatoms. The molecule has 0 spiro atoms. The number of fused-ring (bicyclic) bond motifs is 1. The summed E-state index contributed by atoms with van der Waals surface area (Å²) in [5.74, 6) is 0.577. The summed E-state index contributed by atoms with van der Waals surface area (Å²) in [6.07, 6.45) is 0.705. The number of nitrogens with zero attached hydrogens (tertiary/aromatic N) is 1. The summed E-state index contributed by atoms with van der Waals surface area (Å²) in [5.41, 5.74) is 2.37. The van der Waals surface area contributed by atoms with E-state index in [2.05, 4.69) is 30.9 Å². The molecule has 0 radical (unpaired) electrons. The van der Waals surface area contributed by atoms with Gasteiger partial charge in [-0.15, -0.1) is 0 Å². The first-order valence-corrected chi connectivity index (χ1v) is 5.65. The Morgan fingerprint density at radius 3 is 2.53 bits per heavy atom. The maximum absolute atomic E-state index is 10.1. The smallest absolute Gasteiger partial charge is 0.134 e. The lowest BCUT2D eigenvalue weighted by Crippen LogP contribution is -2.25. The Morgan fingerprint density at radius 1 is 1.33 bits per heavy atom. The van der Waals surface area contributed by atoms with E-state index in [1.165, 1.54) is 5.56 Å². The van der Waals surface area contributed by atoms with Crippen molar-refractivity contribution in [1.82, 2.24) is 4.90 Å². The molecule has 0 bridgehead atoms. The van der Waals surface area contributed by atoms with Crippen molar-refractivity contribution >= 4 is 0 Å². The van der Waals surface area contributed by atoms with Crippen LogP contribution < -0.4 is 0 Å². The Bertz CT molecular complexity index is 350. The van der Waals surface area contributed by atoms with Crippen molar-refractivity contribution in [3.8, 4) is 0 Å². The topological polar surface area (TPSA) is 23.5 Å². The number of aliphatic hydroxyl groups is 1. The molecule has 1 N–H and O–H groups in total. The van der Waals surface area contributed by atoms with Gasteiger partial charge in [-0.2, -0.15) is 0 Å². The van der Waals surface area contributed by atoms with E-state index in [1.807, 2.05) is 19.2 Å². The van der Waals surface area contributed by atoms with Gasteiger partial charge in [0.1, 0.15) is 6.23 Å². The zero-order chi connectivity index (χ0) is 11.0. The quantitative estimate of drug-likeness (QED) is 0.802. The third kappa shape index (κ3) is 1.58. The molecule has 2 rings (SSSR count). The molecule has 1 aromatic rings. The molecule has 15 heavy (non-hydrogen) atoms. The Balaban J connectivity index is 2.42. The Labute approximate surface area is 91.5 Å². The molecule has 1 aromatic carbocycles. The summed E-state index contributed by atoms with van der Waals surface area (Å²) < 4.78 is 0. The molecule has 0 saturated heterocycles. The standard InChI is InChI=1S/C13H19NO/c1-4-9(2)12-10-7-5-6-8-11(10)13(15)14(12)3/h5-9,12-13,15H,4H2,1-3H3. The molecular formula is C13H19NO. The monoisotopic (exact) mass is 205 g/mol. The van der Waals surface area contributed by atoms with E-state index in [9.17, 15) is 5.11 Å². The second-order valence-corrected chi connectivity index (χ2v) is 4.50. The van der Waals surface area contributed by atoms with E-state index in [0.29, 0.717) is 12.0 Å². The molecule has 82 valence electrons. The minimum atomic E-state index is -0.430. The predicted molar refractivity (Wildman–Crippen MR) is 61.4 cm³/mol. The lowest BCUT2D eigenvalue weighted by molar-refractivity contribution is -0.00179. The zero-order valence-electron chi connectivity index (χ0n) is 9.64. The average molecular weight is 205 g/mol. The zero-order valence-corrected chi connectivity index (χ0v) is 9.64. The Kier molecular flexibility index (Phi) is 2.81. The molecule has 1 aliphatic heterocycles. The highest BCUT2D eigenvalue weighted by Gasteiger charge is 2.36. The van der Waals surface area contributed by atoms with Crippen molar-refractivity contribution in [2.24, 2.45) is 5.92 Å². The van der Waals surface area contributed by atoms with Crippen LogP contribution in [0.4, 0.5) is 0 Å². The van der Waals surface area contributed by atoms with Gasteiger partial charge in [-0.3, -0.25) is 4.90 Å². The van der Waals surface area contributed by atoms with Gasteiger partial charge in [0, 0.05) is 11.6 Å². The SMILES string of the molecule is CCC(C)C1c2ccccc2C(O)N1C. The van der Waals surface area contributed by atoms with Gasteiger partial charge in [0.15, 0.2) is 0 Å². The third-order valence-corrected chi connectivity index (χ3v) is 3.60. The van der Waals surface area contributed by atoms with Gasteiger partial charge in [-0.05, 0) is 18.5 Å². The van der Waals surface area contributed by atoms with Gasteiger partial charge in [-0.1, -0.05) is 44.5 Å². The molecule has 3 atom stereocenters. The van der Waals surface area contributed by atoms with Crippen LogP contribution >= 0.6 is 0 Å². The fourth-order valence-electron chi connectivity index (χ4n) is 2.54. The minimum absolute atomic E-state index is 0.362. The first-order chi connectivity index (χ1) is 7.16. The molecule has 0 amide bonds. The number of rotatable bonds is 2. The number of hydrogen-bond acceptors (Lipinski definition) is 2. The van der Waals surface area contributed by atoms with Crippen molar-refractivity contribution in [2.75, 3.05) is 7.05 Å². The highest BCUT2D eigenvalue weighted by molar-refractivity contribution is 5.36. The summed E-state index contributed by atoms with van der Waals surface area (Å²) in [4.78, 5) is 2.07. The largest absolute Gasteiger partial charge is 0.374 e. The highest BCUT2D eigenvalue weighted by atomic mass is 16.3. The van der Waals surface area contributed by atoms with Crippen LogP contribution in [0.5, 0.6) is 0 Å². The summed E-state index contributed by atoms with van der Waals surface area (Å²) in [7, 11) is 2.00. The molecule has 2 nitrogen and oxygen atoms in total. The molecule has 0 fully saturated rings. The normalized spacial score (nSPS) is 27.7. The highest BCUT2D eigenvalue weighted by Crippen LogP contribution is 2.43. The summed E-state index contributed by atoms with van der Waals surface area (Å²) in [6, 6.07) is 8.58. The predicted octanol–water partition coefficient (Wildman–Crippen LogP) is 2.71. The first kappa shape index (κ1) is 10.7. The molecular weight excluding hydrogens is 186 g/mol. The minimum Gasteiger partial charge on any atom is -0.374 e. The van der Waals surface area contributed by atoms with Gasteiger partial charge in [-0.25, -0.2) is 0 Å². The summed E-state index contributed by atoms with van der Waals surface area (Å²) in [5, 5.41) is 10.1. The maximum atomic E-state index is 10.1. The van der Waals surface area contributed by atoms with Crippen LogP contribution in [0.3, 0.4) is 0 Å². The molecule has 1 aliphatic rings. The van der Waals surface area contributed by atoms with Crippen LogP contribution in [-0.2, 0) is 0 Å². The van der Waals surface area contributed by atoms with E-state index < -0.39 is 6.23 Å². The second kappa shape index (κ2) is 3.95. The van der Waals surface area contributed by atoms with Gasteiger partial charge >= 0.3 is 0 Å². The summed E-state index contributed by atoms with van der Waals surface area (Å²) in [6.45, 7) is 4.45. The van der Waals surface area contributed by atoms with Crippen molar-refractivity contribution in [2.45, 2.75) is 32.5 Å². The van der Waals surface area contributed by atoms with Gasteiger partial charge < -0.3 is 5.11 Å². The van der Waals surface area contributed by atoms with Crippen LogP contribution in [0.2, 0.25) is 0 Å². The van der Waals surface area contributed by atoms with Crippen LogP contribution in [0.25, 0.3) is 0 Å². The van der Waals surface area contributed by atoms with Crippen LogP contribution in [0.15, 0.2) is 24.3 Å². The maximum Gasteiger partial charge on any atom is 0.134 e. The summed E-state index contributed by atoms with van der Waals surface area (Å²) >= 11 is 0. The fourth-order valence-corrected chi connectivity index (χ4v) is 2.54.